The van der Waals surface area contributed by atoms with Crippen LogP contribution in [0.3, 0.4) is 0 Å². The molecule has 1 aromatic rings. The van der Waals surface area contributed by atoms with Crippen LogP contribution in [0.2, 0.25) is 0 Å². The monoisotopic (exact) mass is 228 g/mol. The molecule has 0 aromatic carbocycles. The van der Waals surface area contributed by atoms with Crippen molar-refractivity contribution in [1.82, 2.24) is 9.88 Å². The highest BCUT2D eigenvalue weighted by Gasteiger charge is 2.19. The van der Waals surface area contributed by atoms with Crippen molar-refractivity contribution in [3.05, 3.63) is 16.1 Å². The van der Waals surface area contributed by atoms with Gasteiger partial charge < -0.3 is 0 Å². The lowest BCUT2D eigenvalue weighted by atomic mass is 9.98. The molecule has 0 bridgehead atoms. The van der Waals surface area contributed by atoms with Crippen molar-refractivity contribution in [2.24, 2.45) is 5.92 Å². The number of halogens is 1. The van der Waals surface area contributed by atoms with E-state index in [1.54, 1.807) is 11.3 Å². The van der Waals surface area contributed by atoms with E-state index in [0.29, 0.717) is 5.92 Å². The lowest BCUT2D eigenvalue weighted by Crippen LogP contribution is -2.33. The summed E-state index contributed by atoms with van der Waals surface area (Å²) in [6.45, 7) is 4.92. The molecular formula is C11H17FN2S. The Labute approximate surface area is 94.1 Å². The van der Waals surface area contributed by atoms with E-state index in [4.69, 9.17) is 0 Å². The van der Waals surface area contributed by atoms with Crippen LogP contribution in [0, 0.1) is 12.8 Å². The highest BCUT2D eigenvalue weighted by atomic mass is 32.1. The largest absolute Gasteiger partial charge is 0.297 e. The summed E-state index contributed by atoms with van der Waals surface area (Å²) in [4.78, 5) is 8.00. The fourth-order valence-electron chi connectivity index (χ4n) is 1.96. The van der Waals surface area contributed by atoms with Gasteiger partial charge in [0.1, 0.15) is 5.01 Å². The minimum absolute atomic E-state index is 0.149. The quantitative estimate of drug-likeness (QED) is 0.790. The molecular weight excluding hydrogens is 211 g/mol. The van der Waals surface area contributed by atoms with E-state index < -0.39 is 0 Å². The molecule has 0 saturated carbocycles. The fraction of sp³-hybridized carbons (Fsp3) is 0.727. The van der Waals surface area contributed by atoms with E-state index in [0.717, 1.165) is 32.5 Å². The number of likely N-dealkylation sites (tertiary alicyclic amines) is 1. The molecule has 0 spiro atoms. The average Bonchev–Trinajstić information content (AvgIpc) is 2.65. The summed E-state index contributed by atoms with van der Waals surface area (Å²) in [7, 11) is 0. The SMILES string of the molecule is Cc1cnc(CN2CCC(CF)CC2)s1. The minimum atomic E-state index is -0.149. The van der Waals surface area contributed by atoms with Crippen molar-refractivity contribution in [3.8, 4) is 0 Å². The first kappa shape index (κ1) is 11.0. The zero-order chi connectivity index (χ0) is 10.7. The molecule has 2 heterocycles. The van der Waals surface area contributed by atoms with Crippen LogP contribution in [0.25, 0.3) is 0 Å². The first-order valence-corrected chi connectivity index (χ1v) is 6.29. The molecule has 0 radical (unpaired) electrons. The van der Waals surface area contributed by atoms with Gasteiger partial charge in [0, 0.05) is 11.1 Å². The topological polar surface area (TPSA) is 16.1 Å². The molecule has 1 aromatic heterocycles. The minimum Gasteiger partial charge on any atom is -0.297 e. The van der Waals surface area contributed by atoms with Crippen LogP contribution >= 0.6 is 11.3 Å². The molecule has 1 aliphatic heterocycles. The summed E-state index contributed by atoms with van der Waals surface area (Å²) in [5, 5.41) is 1.19. The van der Waals surface area contributed by atoms with E-state index in [1.807, 2.05) is 6.20 Å². The van der Waals surface area contributed by atoms with Gasteiger partial charge in [-0.25, -0.2) is 4.98 Å². The van der Waals surface area contributed by atoms with E-state index in [9.17, 15) is 4.39 Å². The van der Waals surface area contributed by atoms with Crippen molar-refractivity contribution in [2.45, 2.75) is 26.3 Å². The van der Waals surface area contributed by atoms with E-state index in [2.05, 4.69) is 16.8 Å². The van der Waals surface area contributed by atoms with Gasteiger partial charge in [-0.05, 0) is 38.8 Å². The second kappa shape index (κ2) is 5.03. The van der Waals surface area contributed by atoms with Gasteiger partial charge in [-0.3, -0.25) is 9.29 Å². The molecule has 4 heteroatoms. The molecule has 2 nitrogen and oxygen atoms in total. The second-order valence-electron chi connectivity index (χ2n) is 4.24. The zero-order valence-corrected chi connectivity index (χ0v) is 9.89. The standard InChI is InChI=1S/C11H17FN2S/c1-9-7-13-11(15-9)8-14-4-2-10(6-12)3-5-14/h7,10H,2-6,8H2,1H3. The van der Waals surface area contributed by atoms with Gasteiger partial charge in [0.2, 0.25) is 0 Å². The molecule has 0 N–H and O–H groups in total. The Bertz CT molecular complexity index is 305. The molecule has 1 fully saturated rings. The van der Waals surface area contributed by atoms with Crippen molar-refractivity contribution < 1.29 is 4.39 Å². The van der Waals surface area contributed by atoms with Crippen LogP contribution < -0.4 is 0 Å². The van der Waals surface area contributed by atoms with Gasteiger partial charge in [0.05, 0.1) is 13.2 Å². The third kappa shape index (κ3) is 2.98. The van der Waals surface area contributed by atoms with E-state index in [1.165, 1.54) is 9.88 Å². The number of aromatic nitrogens is 1. The molecule has 0 aliphatic carbocycles. The Kier molecular flexibility index (Phi) is 3.70. The molecule has 1 saturated heterocycles. The van der Waals surface area contributed by atoms with Gasteiger partial charge in [-0.15, -0.1) is 11.3 Å². The third-order valence-electron chi connectivity index (χ3n) is 2.95. The van der Waals surface area contributed by atoms with Crippen LogP contribution in [0.15, 0.2) is 6.20 Å². The van der Waals surface area contributed by atoms with Crippen molar-refractivity contribution in [1.29, 1.82) is 0 Å². The van der Waals surface area contributed by atoms with Crippen molar-refractivity contribution in [2.75, 3.05) is 19.8 Å². The van der Waals surface area contributed by atoms with Gasteiger partial charge in [-0.1, -0.05) is 0 Å². The number of hydrogen-bond donors (Lipinski definition) is 0. The van der Waals surface area contributed by atoms with Gasteiger partial charge in [0.25, 0.3) is 0 Å². The van der Waals surface area contributed by atoms with Crippen LogP contribution in [-0.2, 0) is 6.54 Å². The number of hydrogen-bond acceptors (Lipinski definition) is 3. The van der Waals surface area contributed by atoms with E-state index >= 15 is 0 Å². The average molecular weight is 228 g/mol. The van der Waals surface area contributed by atoms with Crippen LogP contribution in [0.5, 0.6) is 0 Å². The third-order valence-corrected chi connectivity index (χ3v) is 3.85. The molecule has 0 unspecified atom stereocenters. The Morgan fingerprint density at radius 1 is 1.53 bits per heavy atom. The lowest BCUT2D eigenvalue weighted by molar-refractivity contribution is 0.159. The molecule has 2 rings (SSSR count). The summed E-state index contributed by atoms with van der Waals surface area (Å²) in [5.41, 5.74) is 0. The summed E-state index contributed by atoms with van der Waals surface area (Å²) in [6, 6.07) is 0. The maximum atomic E-state index is 12.4. The Balaban J connectivity index is 1.82. The normalized spacial score (nSPS) is 19.6. The summed E-state index contributed by atoms with van der Waals surface area (Å²) in [6.07, 6.45) is 3.93. The second-order valence-corrected chi connectivity index (χ2v) is 5.56. The maximum absolute atomic E-state index is 12.4. The fourth-order valence-corrected chi connectivity index (χ4v) is 2.79. The summed E-state index contributed by atoms with van der Waals surface area (Å²) >= 11 is 1.76. The van der Waals surface area contributed by atoms with Crippen molar-refractivity contribution in [3.63, 3.8) is 0 Å². The van der Waals surface area contributed by atoms with Crippen LogP contribution in [-0.4, -0.2) is 29.6 Å². The van der Waals surface area contributed by atoms with Crippen molar-refractivity contribution >= 4 is 11.3 Å². The number of thiazole rings is 1. The van der Waals surface area contributed by atoms with Gasteiger partial charge in [0.15, 0.2) is 0 Å². The first-order chi connectivity index (χ1) is 7.28. The Morgan fingerprint density at radius 3 is 2.80 bits per heavy atom. The molecule has 1 aliphatic rings. The number of aryl methyl sites for hydroxylation is 1. The van der Waals surface area contributed by atoms with Gasteiger partial charge >= 0.3 is 0 Å². The Morgan fingerprint density at radius 2 is 2.27 bits per heavy atom. The number of rotatable bonds is 3. The number of alkyl halides is 1. The van der Waals surface area contributed by atoms with Crippen LogP contribution in [0.1, 0.15) is 22.7 Å². The highest BCUT2D eigenvalue weighted by molar-refractivity contribution is 7.11. The molecule has 15 heavy (non-hydrogen) atoms. The van der Waals surface area contributed by atoms with Gasteiger partial charge in [-0.2, -0.15) is 0 Å². The number of nitrogens with zero attached hydrogens (tertiary/aromatic N) is 2. The maximum Gasteiger partial charge on any atom is 0.107 e. The number of piperidine rings is 1. The summed E-state index contributed by atoms with van der Waals surface area (Å²) in [5.74, 6) is 0.305. The van der Waals surface area contributed by atoms with Crippen LogP contribution in [0.4, 0.5) is 4.39 Å². The van der Waals surface area contributed by atoms with E-state index in [-0.39, 0.29) is 6.67 Å². The summed E-state index contributed by atoms with van der Waals surface area (Å²) < 4.78 is 12.4. The predicted octanol–water partition coefficient (Wildman–Crippen LogP) is 2.63. The Hall–Kier alpha value is -0.480. The first-order valence-electron chi connectivity index (χ1n) is 5.47. The molecule has 0 amide bonds. The highest BCUT2D eigenvalue weighted by Crippen LogP contribution is 2.20. The smallest absolute Gasteiger partial charge is 0.107 e. The molecule has 84 valence electrons. The predicted molar refractivity (Wildman–Crippen MR) is 60.8 cm³/mol. The molecule has 0 atom stereocenters. The lowest BCUT2D eigenvalue weighted by Gasteiger charge is -2.29. The zero-order valence-electron chi connectivity index (χ0n) is 9.08.